The molecule has 0 saturated carbocycles. The lowest BCUT2D eigenvalue weighted by Crippen LogP contribution is -2.50. The number of amides is 1. The number of carbonyl (C=O) groups excluding carboxylic acids is 1. The highest BCUT2D eigenvalue weighted by Crippen LogP contribution is 2.25. The molecule has 4 heteroatoms. The van der Waals surface area contributed by atoms with Crippen molar-refractivity contribution in [3.63, 3.8) is 0 Å². The van der Waals surface area contributed by atoms with Crippen LogP contribution in [0.2, 0.25) is 0 Å². The minimum Gasteiger partial charge on any atom is -0.353 e. The summed E-state index contributed by atoms with van der Waals surface area (Å²) in [5.41, 5.74) is -0.204. The van der Waals surface area contributed by atoms with Crippen molar-refractivity contribution in [3.8, 4) is 0 Å². The smallest absolute Gasteiger partial charge is 0.227 e. The lowest BCUT2D eigenvalue weighted by Gasteiger charge is -2.33. The number of hydrogen-bond donors (Lipinski definition) is 2. The highest BCUT2D eigenvalue weighted by molar-refractivity contribution is 7.99. The molecule has 0 radical (unpaired) electrons. The van der Waals surface area contributed by atoms with Gasteiger partial charge in [0, 0.05) is 12.6 Å². The van der Waals surface area contributed by atoms with E-state index in [-0.39, 0.29) is 11.3 Å². The van der Waals surface area contributed by atoms with E-state index < -0.39 is 0 Å². The van der Waals surface area contributed by atoms with Crippen LogP contribution in [0.25, 0.3) is 0 Å². The summed E-state index contributed by atoms with van der Waals surface area (Å²) in [6.07, 6.45) is 3.17. The predicted octanol–water partition coefficient (Wildman–Crippen LogP) is 2.02. The normalized spacial score (nSPS) is 26.5. The lowest BCUT2D eigenvalue weighted by atomic mass is 9.81. The van der Waals surface area contributed by atoms with Crippen molar-refractivity contribution in [3.05, 3.63) is 0 Å². The highest BCUT2D eigenvalue weighted by Gasteiger charge is 2.34. The third kappa shape index (κ3) is 4.88. The Morgan fingerprint density at radius 2 is 2.35 bits per heavy atom. The Morgan fingerprint density at radius 3 is 2.94 bits per heavy atom. The first kappa shape index (κ1) is 14.8. The van der Waals surface area contributed by atoms with Crippen molar-refractivity contribution in [2.45, 2.75) is 46.1 Å². The van der Waals surface area contributed by atoms with Gasteiger partial charge in [-0.25, -0.2) is 0 Å². The van der Waals surface area contributed by atoms with E-state index in [0.29, 0.717) is 6.04 Å². The molecule has 0 aliphatic carbocycles. The van der Waals surface area contributed by atoms with E-state index in [1.807, 2.05) is 11.8 Å². The molecule has 1 rings (SSSR count). The molecule has 1 aliphatic heterocycles. The Hall–Kier alpha value is -0.220. The summed E-state index contributed by atoms with van der Waals surface area (Å²) in [6, 6.07) is 0.292. The van der Waals surface area contributed by atoms with Crippen molar-refractivity contribution in [2.75, 3.05) is 24.6 Å². The van der Waals surface area contributed by atoms with Gasteiger partial charge in [0.25, 0.3) is 0 Å². The highest BCUT2D eigenvalue weighted by atomic mass is 32.2. The maximum atomic E-state index is 12.2. The summed E-state index contributed by atoms with van der Waals surface area (Å²) >= 11 is 1.93. The fourth-order valence-corrected chi connectivity index (χ4v) is 2.93. The second-order valence-corrected chi connectivity index (χ2v) is 6.59. The Balaban J connectivity index is 2.31. The quantitative estimate of drug-likeness (QED) is 0.716. The number of rotatable bonds is 6. The molecular weight excluding hydrogens is 232 g/mol. The lowest BCUT2D eigenvalue weighted by molar-refractivity contribution is -0.131. The summed E-state index contributed by atoms with van der Waals surface area (Å²) in [6.45, 7) is 8.21. The second kappa shape index (κ2) is 7.27. The molecule has 1 fully saturated rings. The zero-order valence-electron chi connectivity index (χ0n) is 11.3. The van der Waals surface area contributed by atoms with Crippen LogP contribution in [0.5, 0.6) is 0 Å². The van der Waals surface area contributed by atoms with Crippen molar-refractivity contribution in [1.29, 1.82) is 0 Å². The maximum Gasteiger partial charge on any atom is 0.227 e. The van der Waals surface area contributed by atoms with Gasteiger partial charge in [-0.2, -0.15) is 11.8 Å². The molecule has 1 amide bonds. The number of carbonyl (C=O) groups is 1. The van der Waals surface area contributed by atoms with Crippen LogP contribution in [-0.2, 0) is 4.79 Å². The first-order valence-corrected chi connectivity index (χ1v) is 7.83. The Labute approximate surface area is 109 Å². The van der Waals surface area contributed by atoms with Gasteiger partial charge in [-0.3, -0.25) is 4.79 Å². The van der Waals surface area contributed by atoms with E-state index in [9.17, 15) is 4.79 Å². The van der Waals surface area contributed by atoms with Crippen LogP contribution in [-0.4, -0.2) is 36.5 Å². The molecule has 2 unspecified atom stereocenters. The Kier molecular flexibility index (Phi) is 6.34. The van der Waals surface area contributed by atoms with Gasteiger partial charge < -0.3 is 10.6 Å². The van der Waals surface area contributed by atoms with Crippen molar-refractivity contribution in [1.82, 2.24) is 10.6 Å². The summed E-state index contributed by atoms with van der Waals surface area (Å²) in [4.78, 5) is 12.2. The van der Waals surface area contributed by atoms with Gasteiger partial charge in [0.2, 0.25) is 5.91 Å². The topological polar surface area (TPSA) is 41.1 Å². The minimum absolute atomic E-state index is 0.204. The second-order valence-electron chi connectivity index (χ2n) is 5.20. The Morgan fingerprint density at radius 1 is 1.59 bits per heavy atom. The average Bonchev–Trinajstić information content (AvgIpc) is 2.30. The molecule has 0 aromatic heterocycles. The van der Waals surface area contributed by atoms with E-state index in [1.165, 1.54) is 0 Å². The Bertz CT molecular complexity index is 240. The molecule has 0 aromatic carbocycles. The molecule has 1 saturated heterocycles. The molecule has 2 N–H and O–H groups in total. The SMILES string of the molecule is CCSCCC(C)NC(=O)C1(C)CCCNC1. The van der Waals surface area contributed by atoms with Crippen LogP contribution < -0.4 is 10.6 Å². The third-order valence-corrected chi connectivity index (χ3v) is 4.35. The summed E-state index contributed by atoms with van der Waals surface area (Å²) in [7, 11) is 0. The van der Waals surface area contributed by atoms with Gasteiger partial charge in [0.15, 0.2) is 0 Å². The van der Waals surface area contributed by atoms with E-state index in [2.05, 4.69) is 31.4 Å². The summed E-state index contributed by atoms with van der Waals surface area (Å²) in [5.74, 6) is 2.51. The van der Waals surface area contributed by atoms with Crippen molar-refractivity contribution >= 4 is 17.7 Å². The number of piperidine rings is 1. The van der Waals surface area contributed by atoms with Crippen LogP contribution in [0.1, 0.15) is 40.0 Å². The largest absolute Gasteiger partial charge is 0.353 e. The molecule has 100 valence electrons. The van der Waals surface area contributed by atoms with Crippen molar-refractivity contribution < 1.29 is 4.79 Å². The zero-order chi connectivity index (χ0) is 12.7. The molecule has 17 heavy (non-hydrogen) atoms. The first-order valence-electron chi connectivity index (χ1n) is 6.68. The fraction of sp³-hybridized carbons (Fsp3) is 0.923. The zero-order valence-corrected chi connectivity index (χ0v) is 12.2. The molecule has 1 aliphatic rings. The molecule has 1 heterocycles. The maximum absolute atomic E-state index is 12.2. The van der Waals surface area contributed by atoms with Crippen LogP contribution in [0.4, 0.5) is 0 Å². The number of thioether (sulfide) groups is 1. The van der Waals surface area contributed by atoms with Crippen LogP contribution >= 0.6 is 11.8 Å². The van der Waals surface area contributed by atoms with Gasteiger partial charge in [-0.05, 0) is 51.2 Å². The average molecular weight is 258 g/mol. The van der Waals surface area contributed by atoms with E-state index in [4.69, 9.17) is 0 Å². The fourth-order valence-electron chi connectivity index (χ4n) is 2.12. The van der Waals surface area contributed by atoms with E-state index in [1.54, 1.807) is 0 Å². The summed E-state index contributed by atoms with van der Waals surface area (Å²) < 4.78 is 0. The van der Waals surface area contributed by atoms with Crippen LogP contribution in [0.3, 0.4) is 0 Å². The third-order valence-electron chi connectivity index (χ3n) is 3.42. The van der Waals surface area contributed by atoms with Gasteiger partial charge in [-0.15, -0.1) is 0 Å². The molecule has 0 aromatic rings. The van der Waals surface area contributed by atoms with Crippen molar-refractivity contribution in [2.24, 2.45) is 5.41 Å². The van der Waals surface area contributed by atoms with Gasteiger partial charge in [-0.1, -0.05) is 6.92 Å². The standard InChI is InChI=1S/C13H26N2OS/c1-4-17-9-6-11(2)15-12(16)13(3)7-5-8-14-10-13/h11,14H,4-10H2,1-3H3,(H,15,16). The number of nitrogens with one attached hydrogen (secondary N) is 2. The summed E-state index contributed by atoms with van der Waals surface area (Å²) in [5, 5.41) is 6.47. The first-order chi connectivity index (χ1) is 8.08. The molecule has 0 bridgehead atoms. The van der Waals surface area contributed by atoms with E-state index >= 15 is 0 Å². The minimum atomic E-state index is -0.204. The van der Waals surface area contributed by atoms with E-state index in [0.717, 1.165) is 43.9 Å². The van der Waals surface area contributed by atoms with Gasteiger partial charge >= 0.3 is 0 Å². The predicted molar refractivity (Wildman–Crippen MR) is 75.4 cm³/mol. The van der Waals surface area contributed by atoms with Gasteiger partial charge in [0.05, 0.1) is 5.41 Å². The molecule has 0 spiro atoms. The van der Waals surface area contributed by atoms with Crippen LogP contribution in [0.15, 0.2) is 0 Å². The monoisotopic (exact) mass is 258 g/mol. The molecule has 2 atom stereocenters. The number of hydrogen-bond acceptors (Lipinski definition) is 3. The molecular formula is C13H26N2OS. The van der Waals surface area contributed by atoms with Crippen LogP contribution in [0, 0.1) is 5.41 Å². The molecule has 3 nitrogen and oxygen atoms in total. The van der Waals surface area contributed by atoms with Gasteiger partial charge in [0.1, 0.15) is 0 Å².